The lowest BCUT2D eigenvalue weighted by atomic mass is 10.1. The van der Waals surface area contributed by atoms with Crippen molar-refractivity contribution in [3.8, 4) is 0 Å². The maximum atomic E-state index is 9.58. The molecule has 0 spiro atoms. The minimum atomic E-state index is -0.285. The molecule has 0 heterocycles. The van der Waals surface area contributed by atoms with Gasteiger partial charge in [-0.3, -0.25) is 0 Å². The molecule has 0 aliphatic rings. The molecule has 0 aromatic heterocycles. The Kier molecular flexibility index (Phi) is 4.70. The van der Waals surface area contributed by atoms with Crippen LogP contribution in [0.4, 0.5) is 5.69 Å². The molecular weight excluding hydrogens is 281 g/mol. The van der Waals surface area contributed by atoms with Gasteiger partial charge in [0.2, 0.25) is 0 Å². The number of hydrogen-bond acceptors (Lipinski definition) is 2. The zero-order valence-electron chi connectivity index (χ0n) is 10.5. The van der Waals surface area contributed by atoms with E-state index in [1.165, 1.54) is 0 Å². The zero-order valence-corrected chi connectivity index (χ0v) is 12.0. The molecule has 0 amide bonds. The topological polar surface area (TPSA) is 32.3 Å². The maximum Gasteiger partial charge on any atom is 0.0760 e. The second kappa shape index (κ2) is 6.29. The third kappa shape index (κ3) is 3.21. The van der Waals surface area contributed by atoms with Crippen LogP contribution >= 0.6 is 23.2 Å². The number of nitrogens with one attached hydrogen (secondary N) is 1. The summed E-state index contributed by atoms with van der Waals surface area (Å²) in [4.78, 5) is 0. The van der Waals surface area contributed by atoms with Gasteiger partial charge in [0.25, 0.3) is 0 Å². The summed E-state index contributed by atoms with van der Waals surface area (Å²) in [6.45, 7) is 1.95. The Bertz CT molecular complexity index is 572. The average Bonchev–Trinajstić information content (AvgIpc) is 2.41. The van der Waals surface area contributed by atoms with Crippen LogP contribution in [-0.2, 0) is 0 Å². The second-order valence-corrected chi connectivity index (χ2v) is 5.12. The van der Waals surface area contributed by atoms with E-state index in [-0.39, 0.29) is 12.6 Å². The van der Waals surface area contributed by atoms with Gasteiger partial charge >= 0.3 is 0 Å². The van der Waals surface area contributed by atoms with Crippen LogP contribution in [0.15, 0.2) is 42.5 Å². The SMILES string of the molecule is Cc1ccccc1NC(CO)c1cccc(Cl)c1Cl. The third-order valence-corrected chi connectivity index (χ3v) is 3.85. The first-order valence-corrected chi connectivity index (χ1v) is 6.76. The van der Waals surface area contributed by atoms with Gasteiger partial charge < -0.3 is 10.4 Å². The fourth-order valence-electron chi connectivity index (χ4n) is 1.93. The summed E-state index contributed by atoms with van der Waals surface area (Å²) >= 11 is 12.2. The summed E-state index contributed by atoms with van der Waals surface area (Å²) < 4.78 is 0. The number of halogens is 2. The highest BCUT2D eigenvalue weighted by molar-refractivity contribution is 6.42. The molecule has 0 bridgehead atoms. The van der Waals surface area contributed by atoms with E-state index in [1.807, 2.05) is 43.3 Å². The largest absolute Gasteiger partial charge is 0.394 e. The lowest BCUT2D eigenvalue weighted by Crippen LogP contribution is -2.16. The Morgan fingerprint density at radius 1 is 1.11 bits per heavy atom. The van der Waals surface area contributed by atoms with E-state index >= 15 is 0 Å². The smallest absolute Gasteiger partial charge is 0.0760 e. The van der Waals surface area contributed by atoms with Crippen LogP contribution in [0, 0.1) is 6.92 Å². The molecule has 0 saturated carbocycles. The fourth-order valence-corrected chi connectivity index (χ4v) is 2.37. The third-order valence-electron chi connectivity index (χ3n) is 3.01. The number of anilines is 1. The quantitative estimate of drug-likeness (QED) is 0.873. The summed E-state index contributed by atoms with van der Waals surface area (Å²) in [7, 11) is 0. The lowest BCUT2D eigenvalue weighted by Gasteiger charge is -2.21. The van der Waals surface area contributed by atoms with Crippen molar-refractivity contribution in [2.75, 3.05) is 11.9 Å². The molecular formula is C15H15Cl2NO. The summed E-state index contributed by atoms with van der Waals surface area (Å²) in [5, 5.41) is 13.8. The summed E-state index contributed by atoms with van der Waals surface area (Å²) in [5.41, 5.74) is 2.87. The number of aryl methyl sites for hydroxylation is 1. The fraction of sp³-hybridized carbons (Fsp3) is 0.200. The van der Waals surface area contributed by atoms with Gasteiger partial charge in [0.05, 0.1) is 22.7 Å². The average molecular weight is 296 g/mol. The first kappa shape index (κ1) is 14.2. The second-order valence-electron chi connectivity index (χ2n) is 4.34. The van der Waals surface area contributed by atoms with E-state index in [0.29, 0.717) is 10.0 Å². The predicted molar refractivity (Wildman–Crippen MR) is 81.1 cm³/mol. The molecule has 2 aromatic rings. The van der Waals surface area contributed by atoms with Crippen molar-refractivity contribution in [2.24, 2.45) is 0 Å². The normalized spacial score (nSPS) is 12.2. The van der Waals surface area contributed by atoms with Gasteiger partial charge in [-0.2, -0.15) is 0 Å². The molecule has 100 valence electrons. The molecule has 0 radical (unpaired) electrons. The van der Waals surface area contributed by atoms with E-state index in [4.69, 9.17) is 23.2 Å². The van der Waals surface area contributed by atoms with E-state index in [0.717, 1.165) is 16.8 Å². The molecule has 2 nitrogen and oxygen atoms in total. The number of hydrogen-bond donors (Lipinski definition) is 2. The minimum absolute atomic E-state index is 0.0611. The molecule has 1 unspecified atom stereocenters. The Hall–Kier alpha value is -1.22. The van der Waals surface area contributed by atoms with E-state index < -0.39 is 0 Å². The van der Waals surface area contributed by atoms with Crippen LogP contribution in [0.25, 0.3) is 0 Å². The number of benzene rings is 2. The van der Waals surface area contributed by atoms with Crippen molar-refractivity contribution < 1.29 is 5.11 Å². The first-order chi connectivity index (χ1) is 9.13. The maximum absolute atomic E-state index is 9.58. The summed E-state index contributed by atoms with van der Waals surface area (Å²) in [6.07, 6.45) is 0. The van der Waals surface area contributed by atoms with Gasteiger partial charge in [0.1, 0.15) is 0 Å². The van der Waals surface area contributed by atoms with Gasteiger partial charge in [0, 0.05) is 5.69 Å². The molecule has 0 aliphatic heterocycles. The molecule has 2 aromatic carbocycles. The highest BCUT2D eigenvalue weighted by atomic mass is 35.5. The Morgan fingerprint density at radius 3 is 2.53 bits per heavy atom. The van der Waals surface area contributed by atoms with Crippen LogP contribution in [-0.4, -0.2) is 11.7 Å². The Balaban J connectivity index is 2.31. The molecule has 4 heteroatoms. The molecule has 2 N–H and O–H groups in total. The van der Waals surface area contributed by atoms with Gasteiger partial charge in [-0.15, -0.1) is 0 Å². The first-order valence-electron chi connectivity index (χ1n) is 6.00. The Morgan fingerprint density at radius 2 is 1.84 bits per heavy atom. The van der Waals surface area contributed by atoms with Crippen LogP contribution < -0.4 is 5.32 Å². The molecule has 1 atom stereocenters. The number of aliphatic hydroxyl groups excluding tert-OH is 1. The highest BCUT2D eigenvalue weighted by Crippen LogP contribution is 2.32. The number of rotatable bonds is 4. The van der Waals surface area contributed by atoms with Crippen molar-refractivity contribution in [3.05, 3.63) is 63.6 Å². The summed E-state index contributed by atoms with van der Waals surface area (Å²) in [6, 6.07) is 13.0. The van der Waals surface area contributed by atoms with Gasteiger partial charge in [-0.05, 0) is 30.2 Å². The van der Waals surface area contributed by atoms with Gasteiger partial charge in [-0.25, -0.2) is 0 Å². The van der Waals surface area contributed by atoms with Crippen LogP contribution in [0.3, 0.4) is 0 Å². The highest BCUT2D eigenvalue weighted by Gasteiger charge is 2.16. The molecule has 2 rings (SSSR count). The van der Waals surface area contributed by atoms with Crippen molar-refractivity contribution in [3.63, 3.8) is 0 Å². The van der Waals surface area contributed by atoms with Crippen molar-refractivity contribution in [1.82, 2.24) is 0 Å². The van der Waals surface area contributed by atoms with E-state index in [1.54, 1.807) is 6.07 Å². The van der Waals surface area contributed by atoms with Crippen molar-refractivity contribution in [1.29, 1.82) is 0 Å². The van der Waals surface area contributed by atoms with Crippen molar-refractivity contribution >= 4 is 28.9 Å². The van der Waals surface area contributed by atoms with E-state index in [2.05, 4.69) is 5.32 Å². The van der Waals surface area contributed by atoms with Gasteiger partial charge in [0.15, 0.2) is 0 Å². The van der Waals surface area contributed by atoms with Gasteiger partial charge in [-0.1, -0.05) is 53.5 Å². The van der Waals surface area contributed by atoms with Crippen molar-refractivity contribution in [2.45, 2.75) is 13.0 Å². The zero-order chi connectivity index (χ0) is 13.8. The Labute approximate surface area is 123 Å². The lowest BCUT2D eigenvalue weighted by molar-refractivity contribution is 0.276. The summed E-state index contributed by atoms with van der Waals surface area (Å²) in [5.74, 6) is 0. The molecule has 0 saturated heterocycles. The molecule has 19 heavy (non-hydrogen) atoms. The van der Waals surface area contributed by atoms with E-state index in [9.17, 15) is 5.11 Å². The molecule has 0 aliphatic carbocycles. The predicted octanol–water partition coefficient (Wildman–Crippen LogP) is 4.45. The monoisotopic (exact) mass is 295 g/mol. The number of para-hydroxylation sites is 1. The van der Waals surface area contributed by atoms with Crippen LogP contribution in [0.2, 0.25) is 10.0 Å². The number of aliphatic hydroxyl groups is 1. The standard InChI is InChI=1S/C15H15Cl2NO/c1-10-5-2-3-8-13(10)18-14(9-19)11-6-4-7-12(16)15(11)17/h2-8,14,18-19H,9H2,1H3. The van der Waals surface area contributed by atoms with Crippen LogP contribution in [0.1, 0.15) is 17.2 Å². The molecule has 0 fully saturated rings. The minimum Gasteiger partial charge on any atom is -0.394 e. The van der Waals surface area contributed by atoms with Crippen LogP contribution in [0.5, 0.6) is 0 Å².